The quantitative estimate of drug-likeness (QED) is 0.707. The number of anilines is 3. The number of rotatable bonds is 7. The predicted octanol–water partition coefficient (Wildman–Crippen LogP) is 1.02. The van der Waals surface area contributed by atoms with Crippen LogP contribution < -0.4 is 16.0 Å². The molecule has 2 aliphatic heterocycles. The highest BCUT2D eigenvalue weighted by Crippen LogP contribution is 2.37. The molecule has 9 heteroatoms. The van der Waals surface area contributed by atoms with Gasteiger partial charge in [0.05, 0.1) is 17.1 Å². The molecule has 4 rings (SSSR count). The third-order valence-electron chi connectivity index (χ3n) is 4.76. The first kappa shape index (κ1) is 16.4. The maximum absolute atomic E-state index is 10.8. The Bertz CT molecular complexity index is 780. The van der Waals surface area contributed by atoms with Gasteiger partial charge < -0.3 is 16.0 Å². The molecule has 2 aromatic rings. The van der Waals surface area contributed by atoms with Gasteiger partial charge in [0.1, 0.15) is 17.5 Å². The normalized spacial score (nSPS) is 22.1. The number of thiazole rings is 1. The Hall–Kier alpha value is -2.10. The second-order valence-corrected chi connectivity index (χ2v) is 7.46. The zero-order valence-corrected chi connectivity index (χ0v) is 14.9. The van der Waals surface area contributed by atoms with E-state index in [0.29, 0.717) is 27.9 Å². The molecule has 0 amide bonds. The van der Waals surface area contributed by atoms with Gasteiger partial charge in [-0.3, -0.25) is 9.69 Å². The maximum atomic E-state index is 10.8. The highest BCUT2D eigenvalue weighted by Gasteiger charge is 2.51. The maximum Gasteiger partial charge on any atom is 0.188 e. The molecule has 2 saturated heterocycles. The van der Waals surface area contributed by atoms with Crippen LogP contribution in [0, 0.1) is 6.92 Å². The van der Waals surface area contributed by atoms with Crippen molar-refractivity contribution in [2.45, 2.75) is 25.4 Å². The van der Waals surface area contributed by atoms with Gasteiger partial charge in [-0.1, -0.05) is 11.3 Å². The number of nitrogens with zero attached hydrogens (tertiary/aromatic N) is 5. The molecule has 2 atom stereocenters. The molecule has 132 valence electrons. The van der Waals surface area contributed by atoms with E-state index in [1.807, 2.05) is 13.0 Å². The molecule has 2 aromatic heterocycles. The minimum Gasteiger partial charge on any atom is -0.349 e. The molecule has 0 bridgehead atoms. The average Bonchev–Trinajstić information content (AvgIpc) is 3.02. The lowest BCUT2D eigenvalue weighted by Gasteiger charge is -2.62. The fraction of sp³-hybridized carbons (Fsp3) is 0.500. The van der Waals surface area contributed by atoms with Crippen molar-refractivity contribution < 1.29 is 4.79 Å². The Kier molecular flexibility index (Phi) is 4.36. The van der Waals surface area contributed by atoms with Crippen molar-refractivity contribution in [1.82, 2.24) is 19.9 Å². The number of piperazine rings is 1. The van der Waals surface area contributed by atoms with Crippen LogP contribution in [-0.2, 0) is 0 Å². The first-order chi connectivity index (χ1) is 12.2. The lowest BCUT2D eigenvalue weighted by molar-refractivity contribution is 0.0105. The number of hydrogen-bond acceptors (Lipinski definition) is 9. The lowest BCUT2D eigenvalue weighted by Crippen LogP contribution is -2.79. The van der Waals surface area contributed by atoms with E-state index in [2.05, 4.69) is 30.1 Å². The number of hydrogen-bond donors (Lipinski definition) is 2. The van der Waals surface area contributed by atoms with Crippen molar-refractivity contribution >= 4 is 34.4 Å². The van der Waals surface area contributed by atoms with Gasteiger partial charge in [0.15, 0.2) is 11.4 Å². The Balaban J connectivity index is 1.43. The van der Waals surface area contributed by atoms with E-state index in [0.717, 1.165) is 50.5 Å². The van der Waals surface area contributed by atoms with Crippen LogP contribution in [0.1, 0.15) is 21.9 Å². The van der Waals surface area contributed by atoms with Crippen LogP contribution in [0.2, 0.25) is 0 Å². The van der Waals surface area contributed by atoms with Crippen LogP contribution in [-0.4, -0.2) is 64.4 Å². The third kappa shape index (κ3) is 3.10. The topological polar surface area (TPSA) is 100 Å². The van der Waals surface area contributed by atoms with Gasteiger partial charge in [-0.25, -0.2) is 15.0 Å². The van der Waals surface area contributed by atoms with E-state index in [-0.39, 0.29) is 0 Å². The molecule has 0 spiro atoms. The van der Waals surface area contributed by atoms with Crippen molar-refractivity contribution in [2.24, 2.45) is 5.73 Å². The number of likely N-dealkylation sites (tertiary alicyclic amines) is 1. The van der Waals surface area contributed by atoms with Crippen LogP contribution in [0.4, 0.5) is 16.8 Å². The SMILES string of the molecule is Cc1nc(Nc2ncc(C=O)s2)cc(N2CC3[C@@H]2CN3CCCN)n1. The van der Waals surface area contributed by atoms with Crippen LogP contribution >= 0.6 is 11.3 Å². The number of carbonyl (C=O) groups excluding carboxylic acids is 1. The van der Waals surface area contributed by atoms with E-state index >= 15 is 0 Å². The Morgan fingerprint density at radius 3 is 2.96 bits per heavy atom. The van der Waals surface area contributed by atoms with Crippen LogP contribution in [0.25, 0.3) is 0 Å². The van der Waals surface area contributed by atoms with E-state index in [4.69, 9.17) is 5.73 Å². The van der Waals surface area contributed by atoms with Gasteiger partial charge in [0.25, 0.3) is 0 Å². The molecular formula is C16H21N7OS. The lowest BCUT2D eigenvalue weighted by atomic mass is 9.85. The number of nitrogens with two attached hydrogens (primary N) is 1. The highest BCUT2D eigenvalue weighted by molar-refractivity contribution is 7.17. The van der Waals surface area contributed by atoms with Gasteiger partial charge in [0, 0.05) is 25.2 Å². The van der Waals surface area contributed by atoms with Gasteiger partial charge in [-0.2, -0.15) is 0 Å². The van der Waals surface area contributed by atoms with Crippen molar-refractivity contribution in [3.63, 3.8) is 0 Å². The summed E-state index contributed by atoms with van der Waals surface area (Å²) >= 11 is 1.31. The van der Waals surface area contributed by atoms with Crippen LogP contribution in [0.5, 0.6) is 0 Å². The number of aromatic nitrogens is 3. The summed E-state index contributed by atoms with van der Waals surface area (Å²) in [6, 6.07) is 3.13. The molecule has 0 aliphatic carbocycles. The molecule has 2 fully saturated rings. The zero-order chi connectivity index (χ0) is 17.4. The van der Waals surface area contributed by atoms with E-state index in [1.54, 1.807) is 6.20 Å². The smallest absolute Gasteiger partial charge is 0.188 e. The average molecular weight is 359 g/mol. The summed E-state index contributed by atoms with van der Waals surface area (Å²) in [5, 5.41) is 3.83. The first-order valence-electron chi connectivity index (χ1n) is 8.42. The molecule has 1 unspecified atom stereocenters. The number of aryl methyl sites for hydroxylation is 1. The number of nitrogens with one attached hydrogen (secondary N) is 1. The molecule has 25 heavy (non-hydrogen) atoms. The third-order valence-corrected chi connectivity index (χ3v) is 5.60. The van der Waals surface area contributed by atoms with E-state index in [1.165, 1.54) is 11.3 Å². The Morgan fingerprint density at radius 1 is 1.40 bits per heavy atom. The number of fused-ring (bicyclic) bond motifs is 1. The zero-order valence-electron chi connectivity index (χ0n) is 14.1. The summed E-state index contributed by atoms with van der Waals surface area (Å²) < 4.78 is 0. The first-order valence-corrected chi connectivity index (χ1v) is 9.24. The van der Waals surface area contributed by atoms with Gasteiger partial charge >= 0.3 is 0 Å². The van der Waals surface area contributed by atoms with Crippen molar-refractivity contribution in [2.75, 3.05) is 36.4 Å². The predicted molar refractivity (Wildman–Crippen MR) is 97.7 cm³/mol. The van der Waals surface area contributed by atoms with Crippen molar-refractivity contribution in [3.8, 4) is 0 Å². The molecule has 8 nitrogen and oxygen atoms in total. The van der Waals surface area contributed by atoms with Crippen molar-refractivity contribution in [3.05, 3.63) is 23.0 Å². The minimum absolute atomic E-state index is 0.543. The standard InChI is InChI=1S/C16H21N7OS/c1-10-19-14(21-16-18-6-11(9-24)25-16)5-15(20-10)23-8-12-13(23)7-22(12)4-2-3-17/h5-6,9,12-13H,2-4,7-8,17H2,1H3,(H,18,19,20,21)/t12?,13-/m0/s1. The molecule has 3 N–H and O–H groups in total. The largest absolute Gasteiger partial charge is 0.349 e. The van der Waals surface area contributed by atoms with E-state index in [9.17, 15) is 4.79 Å². The fourth-order valence-corrected chi connectivity index (χ4v) is 4.07. The minimum atomic E-state index is 0.543. The summed E-state index contributed by atoms with van der Waals surface area (Å²) in [5.41, 5.74) is 5.59. The molecule has 2 aliphatic rings. The number of aldehydes is 1. The van der Waals surface area contributed by atoms with Gasteiger partial charge in [-0.15, -0.1) is 0 Å². The second-order valence-electron chi connectivity index (χ2n) is 6.39. The molecule has 0 radical (unpaired) electrons. The van der Waals surface area contributed by atoms with Gasteiger partial charge in [0.2, 0.25) is 0 Å². The summed E-state index contributed by atoms with van der Waals surface area (Å²) in [6.07, 6.45) is 3.41. The second kappa shape index (κ2) is 6.66. The highest BCUT2D eigenvalue weighted by atomic mass is 32.1. The summed E-state index contributed by atoms with van der Waals surface area (Å²) in [5.74, 6) is 2.37. The molecular weight excluding hydrogens is 338 g/mol. The number of carbonyl (C=O) groups is 1. The van der Waals surface area contributed by atoms with Gasteiger partial charge in [-0.05, 0) is 26.4 Å². The monoisotopic (exact) mass is 359 g/mol. The Labute approximate surface area is 150 Å². The molecule has 0 saturated carbocycles. The summed E-state index contributed by atoms with van der Waals surface area (Å²) in [4.78, 5) is 29.4. The summed E-state index contributed by atoms with van der Waals surface area (Å²) in [7, 11) is 0. The fourth-order valence-electron chi connectivity index (χ4n) is 3.43. The van der Waals surface area contributed by atoms with Crippen molar-refractivity contribution in [1.29, 1.82) is 0 Å². The Morgan fingerprint density at radius 2 is 2.28 bits per heavy atom. The molecule has 0 aromatic carbocycles. The summed E-state index contributed by atoms with van der Waals surface area (Å²) in [6.45, 7) is 5.80. The molecule has 4 heterocycles. The van der Waals surface area contributed by atoms with E-state index < -0.39 is 0 Å². The van der Waals surface area contributed by atoms with Crippen LogP contribution in [0.3, 0.4) is 0 Å². The van der Waals surface area contributed by atoms with Crippen LogP contribution in [0.15, 0.2) is 12.3 Å².